The molecule has 12 aliphatic rings. The predicted octanol–water partition coefficient (Wildman–Crippen LogP) is 11.8. The number of carbonyl (C=O) groups is 4. The largest absolute Gasteiger partial charge is 0.394 e. The second-order valence-electron chi connectivity index (χ2n) is 45.6. The van der Waals surface area contributed by atoms with Crippen molar-refractivity contribution in [2.24, 2.45) is 76.4 Å². The summed E-state index contributed by atoms with van der Waals surface area (Å²) in [4.78, 5) is 59.2. The molecule has 9 heterocycles. The molecule has 10 fully saturated rings. The number of carbonyl (C=O) groups excluding carboxylic acids is 4. The van der Waals surface area contributed by atoms with Gasteiger partial charge in [0.05, 0.1) is 80.3 Å². The van der Waals surface area contributed by atoms with E-state index in [1.807, 2.05) is 65.6 Å². The average Bonchev–Trinajstić information content (AvgIpc) is 1.46. The molecule has 0 aromatic heterocycles. The molecular formula is C116H249N15O16. The number of piperidine rings is 6. The number of hydrogen-bond acceptors (Lipinski definition) is 28. The van der Waals surface area contributed by atoms with Crippen molar-refractivity contribution in [3.05, 3.63) is 24.3 Å². The highest BCUT2D eigenvalue weighted by Crippen LogP contribution is 2.39. The van der Waals surface area contributed by atoms with E-state index in [2.05, 4.69) is 246 Å². The van der Waals surface area contributed by atoms with Crippen molar-refractivity contribution in [3.8, 4) is 0 Å². The summed E-state index contributed by atoms with van der Waals surface area (Å²) in [7, 11) is 20.6. The van der Waals surface area contributed by atoms with Gasteiger partial charge < -0.3 is 138 Å². The van der Waals surface area contributed by atoms with Gasteiger partial charge in [0, 0.05) is 98.2 Å². The number of aliphatic hydroxyl groups excluding tert-OH is 12. The van der Waals surface area contributed by atoms with E-state index in [0.29, 0.717) is 37.4 Å². The number of hydrogen-bond donors (Lipinski definition) is 19. The standard InChI is InChI=1S/C9H18O2.C8H15NO3.C8H15NO.C8H13NO.C8H15NO.C8H16O2.C7H14O2.C6H13NO2.3C6H13N.C6H11N.C6H15N.2C5H13N.2C4H11N.C3H9N.C3H8O2/c1-6-4-9(2,3)5-7(10)8(6)11;1-5-3-9(6(2)10)4-7(11)8(5)12;2*1-7-4-3-5-9(6-7)8(2)10;1-8-2-4-9(5-3-8)6-7-10;1-5-3-6(2)8(10)7(9)4-5;1-5-3-2-4-6(8)7(5)9;1-4-2-7-3-5(8)6(4)9;1-6-4-3-5-7(6)2;1-6-2-4-7-5-3-6;2*1-6-3-2-4-7-5-6;1-4-5-6-7(2)3;1-4-5-6(2)3;1-3-4-5-6-2;1-4-5(2)3;1-3-4-5-2;1-3-4-2;1-3(5)2-4/h6-8,10-11H,4-5H2,1-3H3;5,7-8,11-12H,3-4H2,1-2H3;7H,3-6H2,1-2H3;3-4,7H,5-6H2,1-2H3;7-8H,2-6H2,1H3;5-10H,3-4H2,1-2H3;5-9H,2-4H2,1H3;4-9H,2-3H2,1H3;6H,3-5H2,1-2H3;2*6-7H,2-5H2,1H3;2-3,6-7H,4-5H2,1H3;4-6H2,1-3H3;4-5H2,1-3H3;6H,3-5H2,1-2H3;4H2,1-3H3;5H,3-4H2,1-2H3;4H,3H2,1-2H3;3-5H,2H2,1H3. The zero-order valence-corrected chi connectivity index (χ0v) is 102. The summed E-state index contributed by atoms with van der Waals surface area (Å²) in [6.07, 6.45) is 31.0. The first kappa shape index (κ1) is 156. The van der Waals surface area contributed by atoms with Gasteiger partial charge in [-0.1, -0.05) is 182 Å². The van der Waals surface area contributed by atoms with Gasteiger partial charge in [-0.05, 0) is 368 Å². The van der Waals surface area contributed by atoms with Crippen LogP contribution < -0.4 is 37.2 Å². The normalized spacial score (nSPS) is 28.7. The van der Waals surface area contributed by atoms with E-state index in [1.165, 1.54) is 162 Å². The summed E-state index contributed by atoms with van der Waals surface area (Å²) in [5.74, 6) is 6.57. The molecular weight excluding hydrogens is 1860 g/mol. The molecule has 3 amide bonds. The van der Waals surface area contributed by atoms with Crippen LogP contribution >= 0.6 is 0 Å². The van der Waals surface area contributed by atoms with E-state index in [-0.39, 0.29) is 65.9 Å². The number of amides is 3. The lowest BCUT2D eigenvalue weighted by molar-refractivity contribution is -0.139. The number of aldehydes is 1. The van der Waals surface area contributed by atoms with Crippen LogP contribution in [0.1, 0.15) is 321 Å². The molecule has 0 aromatic rings. The van der Waals surface area contributed by atoms with Crippen LogP contribution in [0.4, 0.5) is 0 Å². The number of likely N-dealkylation sites (tertiary alicyclic amines) is 4. The zero-order chi connectivity index (χ0) is 114. The summed E-state index contributed by atoms with van der Waals surface area (Å²) < 4.78 is 0. The highest BCUT2D eigenvalue weighted by Gasteiger charge is 2.38. The van der Waals surface area contributed by atoms with Crippen molar-refractivity contribution in [2.75, 3.05) is 234 Å². The fraction of sp³-hybridized carbons (Fsp3) is 0.931. The Labute approximate surface area is 904 Å². The Morgan fingerprint density at radius 1 is 0.435 bits per heavy atom. The first-order chi connectivity index (χ1) is 69.0. The van der Waals surface area contributed by atoms with Crippen LogP contribution in [0.5, 0.6) is 0 Å². The lowest BCUT2D eigenvalue weighted by Crippen LogP contribution is -2.52. The number of unbranched alkanes of at least 4 members (excludes halogenated alkanes) is 2. The number of rotatable bonds is 15. The highest BCUT2D eigenvalue weighted by molar-refractivity contribution is 5.74. The zero-order valence-electron chi connectivity index (χ0n) is 102. The molecule has 0 aromatic carbocycles. The first-order valence-electron chi connectivity index (χ1n) is 57.8. The van der Waals surface area contributed by atoms with Crippen LogP contribution in [-0.4, -0.2) is 432 Å². The van der Waals surface area contributed by atoms with Gasteiger partial charge in [0.25, 0.3) is 0 Å². The quantitative estimate of drug-likeness (QED) is 0.0411. The van der Waals surface area contributed by atoms with Crippen LogP contribution in [0, 0.1) is 76.4 Å². The molecule has 3 aliphatic carbocycles. The minimum atomic E-state index is -0.794. The summed E-state index contributed by atoms with van der Waals surface area (Å²) >= 11 is 0. The van der Waals surface area contributed by atoms with Crippen molar-refractivity contribution in [1.29, 1.82) is 0 Å². The summed E-state index contributed by atoms with van der Waals surface area (Å²) in [6, 6.07) is 0.847. The summed E-state index contributed by atoms with van der Waals surface area (Å²) in [5.41, 5.74) is 0.193. The molecule has 0 bridgehead atoms. The van der Waals surface area contributed by atoms with E-state index in [4.69, 9.17) is 25.5 Å². The lowest BCUT2D eigenvalue weighted by Gasteiger charge is -2.40. The average molecular weight is 2110 g/mol. The van der Waals surface area contributed by atoms with Gasteiger partial charge in [-0.15, -0.1) is 0 Å². The lowest BCUT2D eigenvalue weighted by atomic mass is 9.70. The van der Waals surface area contributed by atoms with E-state index < -0.39 is 67.1 Å². The van der Waals surface area contributed by atoms with Crippen LogP contribution in [-0.2, 0) is 19.2 Å². The number of aliphatic hydroxyl groups is 12. The Bertz CT molecular complexity index is 2800. The minimum absolute atomic E-state index is 0.0438. The molecule has 22 unspecified atom stereocenters. The molecule has 19 N–H and O–H groups in total. The number of nitrogens with zero attached hydrogens (tertiary/aromatic N) is 8. The van der Waals surface area contributed by atoms with Crippen molar-refractivity contribution in [1.82, 2.24) is 76.4 Å². The third kappa shape index (κ3) is 96.9. The van der Waals surface area contributed by atoms with Crippen molar-refractivity contribution in [2.45, 2.75) is 394 Å². The summed E-state index contributed by atoms with van der Waals surface area (Å²) in [5, 5.41) is 131. The third-order valence-corrected chi connectivity index (χ3v) is 27.7. The van der Waals surface area contributed by atoms with Gasteiger partial charge in [0.15, 0.2) is 0 Å². The summed E-state index contributed by atoms with van der Waals surface area (Å²) in [6.45, 7) is 74.9. The molecule has 3 saturated carbocycles. The molecule has 22 atom stereocenters. The fourth-order valence-electron chi connectivity index (χ4n) is 17.2. The first-order valence-corrected chi connectivity index (χ1v) is 57.8. The van der Waals surface area contributed by atoms with Gasteiger partial charge in [-0.25, -0.2) is 0 Å². The number of nitrogens with one attached hydrogen (secondary N) is 7. The minimum Gasteiger partial charge on any atom is -0.394 e. The monoisotopic (exact) mass is 2110 g/mol. The molecule has 147 heavy (non-hydrogen) atoms. The van der Waals surface area contributed by atoms with Gasteiger partial charge in [-0.2, -0.15) is 0 Å². The maximum atomic E-state index is 10.9. The van der Waals surface area contributed by atoms with Crippen LogP contribution in [0.3, 0.4) is 0 Å². The predicted molar refractivity (Wildman–Crippen MR) is 621 cm³/mol. The highest BCUT2D eigenvalue weighted by atomic mass is 16.3. The maximum absolute atomic E-state index is 10.9. The Balaban J connectivity index is -0.000000283. The molecule has 0 spiro atoms. The molecule has 0 radical (unpaired) electrons. The Kier molecular flexibility index (Phi) is 108. The van der Waals surface area contributed by atoms with Gasteiger partial charge in [0.2, 0.25) is 17.7 Å². The molecule has 9 aliphatic heterocycles. The molecule has 31 nitrogen and oxygen atoms in total. The van der Waals surface area contributed by atoms with Gasteiger partial charge in [-0.3, -0.25) is 19.3 Å². The molecule has 884 valence electrons. The van der Waals surface area contributed by atoms with Crippen LogP contribution in [0.2, 0.25) is 0 Å². The number of β-amino-alcohol motifs (C(OH)–C–C–N with tert-alkyl or cyclic N) is 2. The second-order valence-corrected chi connectivity index (χ2v) is 45.6. The van der Waals surface area contributed by atoms with Gasteiger partial charge in [0.1, 0.15) is 6.29 Å². The van der Waals surface area contributed by atoms with Crippen molar-refractivity contribution in [3.63, 3.8) is 0 Å². The molecule has 7 saturated heterocycles. The van der Waals surface area contributed by atoms with E-state index >= 15 is 0 Å². The van der Waals surface area contributed by atoms with Gasteiger partial charge >= 0.3 is 0 Å². The smallest absolute Gasteiger partial charge is 0.219 e. The Morgan fingerprint density at radius 3 is 1.26 bits per heavy atom. The third-order valence-electron chi connectivity index (χ3n) is 27.7. The van der Waals surface area contributed by atoms with Crippen LogP contribution in [0.15, 0.2) is 24.3 Å². The second kappa shape index (κ2) is 102. The van der Waals surface area contributed by atoms with E-state index in [1.54, 1.807) is 18.7 Å². The van der Waals surface area contributed by atoms with Crippen LogP contribution in [0.25, 0.3) is 0 Å². The van der Waals surface area contributed by atoms with Crippen molar-refractivity contribution >= 4 is 24.0 Å². The fourth-order valence-corrected chi connectivity index (χ4v) is 17.2. The topological polar surface area (TPSA) is 421 Å². The van der Waals surface area contributed by atoms with E-state index in [9.17, 15) is 54.9 Å². The Morgan fingerprint density at radius 2 is 0.952 bits per heavy atom. The van der Waals surface area contributed by atoms with E-state index in [0.717, 1.165) is 166 Å². The van der Waals surface area contributed by atoms with Crippen molar-refractivity contribution < 1.29 is 80.5 Å². The maximum Gasteiger partial charge on any atom is 0.219 e. The Hall–Kier alpha value is -3.40. The molecule has 12 rings (SSSR count). The SMILES string of the molecule is CC(=O)N1CC(C)C(O)C(O)C1.CC(=O)N1CC=CC(C)C1.CC(=O)N1CCCC(C)C1.CC(O)CO.CC1C=CCNC1.CC1CC(C)(C)CC(O)C1O.CC1CC(C)C(O)C(O)C1.CC1CCCC(O)C1O.CC1CCCN1C.CC1CCCNC1.CC1CCN(CC=O)CC1.CC1CCNCC1.CC1CNCC(O)C1O.CCCCN(C)C.CCCCNC.CCCN(C)C.CCCNC.CCN(C)C.CCNC. The molecule has 31 heteroatoms.